The maximum atomic E-state index is 13.5. The van der Waals surface area contributed by atoms with E-state index in [2.05, 4.69) is 10.6 Å². The topological polar surface area (TPSA) is 121 Å². The molecule has 4 rings (SSSR count). The first-order valence-corrected chi connectivity index (χ1v) is 11.9. The van der Waals surface area contributed by atoms with Crippen molar-refractivity contribution in [3.05, 3.63) is 77.6 Å². The second-order valence-corrected chi connectivity index (χ2v) is 9.31. The summed E-state index contributed by atoms with van der Waals surface area (Å²) in [6.07, 6.45) is 0.273. The summed E-state index contributed by atoms with van der Waals surface area (Å²) >= 11 is 0. The predicted molar refractivity (Wildman–Crippen MR) is 142 cm³/mol. The van der Waals surface area contributed by atoms with Crippen LogP contribution in [0.4, 0.5) is 14.5 Å². The molecule has 0 fully saturated rings. The molecule has 4 aromatic rings. The minimum Gasteiger partial charge on any atom is -0.455 e. The highest BCUT2D eigenvalue weighted by Crippen LogP contribution is 2.39. The smallest absolute Gasteiger partial charge is 0.253 e. The van der Waals surface area contributed by atoms with Crippen molar-refractivity contribution in [1.82, 2.24) is 5.32 Å². The Labute approximate surface area is 218 Å². The van der Waals surface area contributed by atoms with Crippen LogP contribution in [0.1, 0.15) is 41.0 Å². The SMILES string of the molecule is CC(C)(C#N)NC(=O)c1cccc(-c2cc3c(C(N)=O)c(-c4ccc(F)cc4)oc3cc2NCCCF)c1. The molecule has 3 aromatic carbocycles. The second-order valence-electron chi connectivity index (χ2n) is 9.31. The van der Waals surface area contributed by atoms with Crippen molar-refractivity contribution in [2.75, 3.05) is 18.5 Å². The molecule has 38 heavy (non-hydrogen) atoms. The molecule has 0 radical (unpaired) electrons. The number of carbonyl (C=O) groups excluding carboxylic acids is 2. The molecule has 0 aliphatic carbocycles. The predicted octanol–water partition coefficient (Wildman–Crippen LogP) is 5.81. The lowest BCUT2D eigenvalue weighted by atomic mass is 9.97. The second kappa shape index (κ2) is 10.7. The maximum absolute atomic E-state index is 13.5. The van der Waals surface area contributed by atoms with Crippen molar-refractivity contribution in [1.29, 1.82) is 5.26 Å². The van der Waals surface area contributed by atoms with E-state index >= 15 is 0 Å². The Balaban J connectivity index is 1.88. The molecule has 0 aliphatic rings. The molecule has 7 nitrogen and oxygen atoms in total. The number of hydrogen-bond acceptors (Lipinski definition) is 5. The first-order chi connectivity index (χ1) is 18.1. The van der Waals surface area contributed by atoms with Gasteiger partial charge >= 0.3 is 0 Å². The number of furan rings is 1. The summed E-state index contributed by atoms with van der Waals surface area (Å²) in [7, 11) is 0. The number of carbonyl (C=O) groups is 2. The van der Waals surface area contributed by atoms with E-state index in [-0.39, 0.29) is 17.7 Å². The van der Waals surface area contributed by atoms with Gasteiger partial charge in [0, 0.05) is 40.4 Å². The zero-order valence-electron chi connectivity index (χ0n) is 20.9. The van der Waals surface area contributed by atoms with Crippen molar-refractivity contribution in [2.45, 2.75) is 25.8 Å². The summed E-state index contributed by atoms with van der Waals surface area (Å²) < 4.78 is 32.4. The summed E-state index contributed by atoms with van der Waals surface area (Å²) in [5.74, 6) is -1.38. The van der Waals surface area contributed by atoms with Crippen LogP contribution in [0.5, 0.6) is 0 Å². The highest BCUT2D eigenvalue weighted by molar-refractivity contribution is 6.12. The number of amides is 2. The number of halogens is 2. The molecule has 0 unspecified atom stereocenters. The number of hydrogen-bond donors (Lipinski definition) is 3. The van der Waals surface area contributed by atoms with Gasteiger partial charge in [0.05, 0.1) is 18.3 Å². The number of nitriles is 1. The molecule has 0 aliphatic heterocycles. The van der Waals surface area contributed by atoms with Crippen LogP contribution in [-0.2, 0) is 0 Å². The number of nitrogens with two attached hydrogens (primary N) is 1. The van der Waals surface area contributed by atoms with Gasteiger partial charge in [0.1, 0.15) is 22.7 Å². The van der Waals surface area contributed by atoms with Gasteiger partial charge in [-0.3, -0.25) is 14.0 Å². The maximum Gasteiger partial charge on any atom is 0.253 e. The largest absolute Gasteiger partial charge is 0.455 e. The molecule has 194 valence electrons. The Bertz CT molecular complexity index is 1550. The van der Waals surface area contributed by atoms with E-state index in [9.17, 15) is 23.6 Å². The van der Waals surface area contributed by atoms with Crippen LogP contribution in [0.15, 0.2) is 65.1 Å². The lowest BCUT2D eigenvalue weighted by Crippen LogP contribution is -2.42. The number of fused-ring (bicyclic) bond motifs is 1. The first-order valence-electron chi connectivity index (χ1n) is 11.9. The van der Waals surface area contributed by atoms with E-state index in [1.807, 2.05) is 6.07 Å². The van der Waals surface area contributed by atoms with E-state index in [1.54, 1.807) is 50.2 Å². The van der Waals surface area contributed by atoms with Gasteiger partial charge in [-0.25, -0.2) is 4.39 Å². The Morgan fingerprint density at radius 2 is 1.82 bits per heavy atom. The Kier molecular flexibility index (Phi) is 7.44. The molecular formula is C29H26F2N4O3. The van der Waals surface area contributed by atoms with Crippen LogP contribution in [0.25, 0.3) is 33.4 Å². The van der Waals surface area contributed by atoms with Crippen molar-refractivity contribution in [3.63, 3.8) is 0 Å². The molecule has 0 bridgehead atoms. The van der Waals surface area contributed by atoms with Crippen molar-refractivity contribution in [3.8, 4) is 28.5 Å². The van der Waals surface area contributed by atoms with E-state index in [1.165, 1.54) is 24.3 Å². The van der Waals surface area contributed by atoms with Gasteiger partial charge in [0.25, 0.3) is 11.8 Å². The third-order valence-corrected chi connectivity index (χ3v) is 5.95. The summed E-state index contributed by atoms with van der Waals surface area (Å²) in [5, 5.41) is 15.6. The number of nitrogens with one attached hydrogen (secondary N) is 2. The number of primary amides is 1. The summed E-state index contributed by atoms with van der Waals surface area (Å²) in [6, 6.07) is 17.7. The van der Waals surface area contributed by atoms with Gasteiger partial charge in [-0.15, -0.1) is 0 Å². The minimum atomic E-state index is -1.06. The number of benzene rings is 3. The number of alkyl halides is 1. The molecule has 0 saturated heterocycles. The van der Waals surface area contributed by atoms with E-state index < -0.39 is 29.8 Å². The molecule has 1 aromatic heterocycles. The molecule has 1 heterocycles. The quantitative estimate of drug-likeness (QED) is 0.243. The van der Waals surface area contributed by atoms with Gasteiger partial charge < -0.3 is 20.8 Å². The fourth-order valence-electron chi connectivity index (χ4n) is 4.08. The lowest BCUT2D eigenvalue weighted by Gasteiger charge is -2.18. The molecule has 0 atom stereocenters. The van der Waals surface area contributed by atoms with Crippen LogP contribution in [-0.4, -0.2) is 30.6 Å². The average molecular weight is 517 g/mol. The normalized spacial score (nSPS) is 11.2. The van der Waals surface area contributed by atoms with Crippen LogP contribution in [0.2, 0.25) is 0 Å². The van der Waals surface area contributed by atoms with Crippen molar-refractivity contribution >= 4 is 28.5 Å². The molecule has 2 amide bonds. The standard InChI is InChI=1S/C29H26F2N4O3/c1-29(2,16-32)35-28(37)19-6-3-5-18(13-19)21-14-22-24(15-23(21)34-12-4-11-30)38-26(25(22)27(33)36)17-7-9-20(31)10-8-17/h3,5-10,13-15,34H,4,11-12H2,1-2H3,(H2,33,36)(H,35,37). The lowest BCUT2D eigenvalue weighted by molar-refractivity contribution is 0.0928. The van der Waals surface area contributed by atoms with Gasteiger partial charge in [-0.1, -0.05) is 12.1 Å². The number of rotatable bonds is 9. The summed E-state index contributed by atoms with van der Waals surface area (Å²) in [5.41, 5.74) is 7.83. The average Bonchev–Trinajstić information content (AvgIpc) is 3.27. The molecule has 0 saturated carbocycles. The van der Waals surface area contributed by atoms with E-state index in [0.717, 1.165) is 0 Å². The van der Waals surface area contributed by atoms with Crippen LogP contribution >= 0.6 is 0 Å². The van der Waals surface area contributed by atoms with E-state index in [4.69, 9.17) is 10.2 Å². The number of anilines is 1. The third-order valence-electron chi connectivity index (χ3n) is 5.95. The molecular weight excluding hydrogens is 490 g/mol. The number of nitrogens with zero attached hydrogens (tertiary/aromatic N) is 1. The van der Waals surface area contributed by atoms with Gasteiger partial charge in [0.15, 0.2) is 0 Å². The Morgan fingerprint density at radius 1 is 1.08 bits per heavy atom. The zero-order valence-corrected chi connectivity index (χ0v) is 20.9. The fraction of sp³-hybridized carbons (Fsp3) is 0.207. The van der Waals surface area contributed by atoms with Gasteiger partial charge in [-0.2, -0.15) is 5.26 Å². The van der Waals surface area contributed by atoms with Crippen molar-refractivity contribution in [2.24, 2.45) is 5.73 Å². The van der Waals surface area contributed by atoms with Gasteiger partial charge in [-0.05, 0) is 68.3 Å². The van der Waals surface area contributed by atoms with Crippen molar-refractivity contribution < 1.29 is 22.8 Å². The zero-order chi connectivity index (χ0) is 27.4. The fourth-order valence-corrected chi connectivity index (χ4v) is 4.08. The van der Waals surface area contributed by atoms with E-state index in [0.29, 0.717) is 45.5 Å². The minimum absolute atomic E-state index is 0.132. The van der Waals surface area contributed by atoms with Crippen LogP contribution in [0, 0.1) is 17.1 Å². The monoisotopic (exact) mass is 516 g/mol. The van der Waals surface area contributed by atoms with Gasteiger partial charge in [0.2, 0.25) is 0 Å². The van der Waals surface area contributed by atoms with Crippen LogP contribution in [0.3, 0.4) is 0 Å². The summed E-state index contributed by atoms with van der Waals surface area (Å²) in [4.78, 5) is 25.4. The third kappa shape index (κ3) is 5.49. The first kappa shape index (κ1) is 26.4. The van der Waals surface area contributed by atoms with Crippen LogP contribution < -0.4 is 16.4 Å². The highest BCUT2D eigenvalue weighted by atomic mass is 19.1. The molecule has 4 N–H and O–H groups in total. The summed E-state index contributed by atoms with van der Waals surface area (Å²) in [6.45, 7) is 3.02. The molecule has 0 spiro atoms. The highest BCUT2D eigenvalue weighted by Gasteiger charge is 2.24. The molecule has 9 heteroatoms. The Morgan fingerprint density at radius 3 is 2.47 bits per heavy atom. The Hall–Kier alpha value is -4.71.